The van der Waals surface area contributed by atoms with Gasteiger partial charge in [-0.3, -0.25) is 9.59 Å². The van der Waals surface area contributed by atoms with Crippen molar-refractivity contribution in [3.8, 4) is 0 Å². The maximum atomic E-state index is 12.7. The highest BCUT2D eigenvalue weighted by molar-refractivity contribution is 6.07. The molecule has 1 saturated carbocycles. The molecule has 7 heteroatoms. The van der Waals surface area contributed by atoms with Gasteiger partial charge in [-0.2, -0.15) is 0 Å². The molecule has 0 atom stereocenters. The summed E-state index contributed by atoms with van der Waals surface area (Å²) in [6.45, 7) is 3.78. The van der Waals surface area contributed by atoms with E-state index in [9.17, 15) is 14.4 Å². The molecular formula is C21H29N3O4. The Balaban J connectivity index is 1.42. The lowest BCUT2D eigenvalue weighted by molar-refractivity contribution is -0.137. The van der Waals surface area contributed by atoms with Crippen molar-refractivity contribution in [3.05, 3.63) is 35.9 Å². The van der Waals surface area contributed by atoms with E-state index in [1.54, 1.807) is 11.8 Å². The number of hydrogen-bond donors (Lipinski definition) is 2. The van der Waals surface area contributed by atoms with E-state index in [4.69, 9.17) is 4.74 Å². The van der Waals surface area contributed by atoms with Crippen LogP contribution in [0.25, 0.3) is 0 Å². The Bertz CT molecular complexity index is 695. The van der Waals surface area contributed by atoms with Crippen LogP contribution in [-0.2, 0) is 20.7 Å². The molecule has 0 radical (unpaired) electrons. The predicted octanol–water partition coefficient (Wildman–Crippen LogP) is 1.86. The van der Waals surface area contributed by atoms with Gasteiger partial charge in [0.25, 0.3) is 0 Å². The highest BCUT2D eigenvalue weighted by atomic mass is 16.6. The molecule has 0 spiro atoms. The fourth-order valence-corrected chi connectivity index (χ4v) is 3.56. The molecule has 1 aliphatic heterocycles. The Morgan fingerprint density at radius 3 is 2.39 bits per heavy atom. The lowest BCUT2D eigenvalue weighted by Crippen LogP contribution is -2.51. The van der Waals surface area contributed by atoms with Crippen LogP contribution < -0.4 is 10.6 Å². The molecule has 2 N–H and O–H groups in total. The summed E-state index contributed by atoms with van der Waals surface area (Å²) in [6.07, 6.45) is 2.99. The minimum atomic E-state index is -0.908. The van der Waals surface area contributed by atoms with E-state index in [0.29, 0.717) is 51.9 Å². The van der Waals surface area contributed by atoms with Crippen LogP contribution >= 0.6 is 0 Å². The zero-order valence-electron chi connectivity index (χ0n) is 16.4. The third-order valence-corrected chi connectivity index (χ3v) is 5.52. The zero-order chi connectivity index (χ0) is 20.0. The molecule has 7 nitrogen and oxygen atoms in total. The van der Waals surface area contributed by atoms with E-state index in [2.05, 4.69) is 10.6 Å². The molecule has 0 aromatic heterocycles. The molecule has 1 heterocycles. The fraction of sp³-hybridized carbons (Fsp3) is 0.571. The number of hydrogen-bond acceptors (Lipinski definition) is 4. The van der Waals surface area contributed by atoms with Gasteiger partial charge in [-0.05, 0) is 44.6 Å². The summed E-state index contributed by atoms with van der Waals surface area (Å²) in [5, 5.41) is 5.94. The van der Waals surface area contributed by atoms with Crippen molar-refractivity contribution >= 4 is 17.9 Å². The normalized spacial score (nSPS) is 18.2. The molecule has 2 fully saturated rings. The summed E-state index contributed by atoms with van der Waals surface area (Å²) in [6, 6.07) is 9.94. The SMILES string of the molecule is CCOC(=O)N1CCC(NC(=O)C2(C(=O)NCCc3ccccc3)CC2)CC1. The van der Waals surface area contributed by atoms with Crippen LogP contribution in [0.2, 0.25) is 0 Å². The number of piperidine rings is 1. The fourth-order valence-electron chi connectivity index (χ4n) is 3.56. The number of ether oxygens (including phenoxy) is 1. The summed E-state index contributed by atoms with van der Waals surface area (Å²) in [7, 11) is 0. The smallest absolute Gasteiger partial charge is 0.409 e. The summed E-state index contributed by atoms with van der Waals surface area (Å²) in [5.74, 6) is -0.357. The van der Waals surface area contributed by atoms with Crippen LogP contribution in [-0.4, -0.2) is 55.1 Å². The Morgan fingerprint density at radius 1 is 1.11 bits per heavy atom. The summed E-state index contributed by atoms with van der Waals surface area (Å²) in [4.78, 5) is 38.7. The number of rotatable bonds is 7. The predicted molar refractivity (Wildman–Crippen MR) is 105 cm³/mol. The first-order valence-corrected chi connectivity index (χ1v) is 10.1. The molecule has 1 aliphatic carbocycles. The standard InChI is InChI=1S/C21H29N3O4/c1-2-28-20(27)24-14-9-17(10-15-24)23-19(26)21(11-12-21)18(25)22-13-8-16-6-4-3-5-7-16/h3-7,17H,2,8-15H2,1H3,(H,22,25)(H,23,26). The Labute approximate surface area is 165 Å². The molecule has 2 aliphatic rings. The van der Waals surface area contributed by atoms with Crippen molar-refractivity contribution < 1.29 is 19.1 Å². The number of amides is 3. The van der Waals surface area contributed by atoms with Gasteiger partial charge in [0, 0.05) is 25.7 Å². The van der Waals surface area contributed by atoms with Crippen molar-refractivity contribution in [1.82, 2.24) is 15.5 Å². The molecule has 0 unspecified atom stereocenters. The van der Waals surface area contributed by atoms with E-state index >= 15 is 0 Å². The highest BCUT2D eigenvalue weighted by Crippen LogP contribution is 2.46. The molecule has 1 saturated heterocycles. The van der Waals surface area contributed by atoms with Crippen molar-refractivity contribution in [2.45, 2.75) is 45.1 Å². The van der Waals surface area contributed by atoms with Crippen molar-refractivity contribution in [2.75, 3.05) is 26.2 Å². The Hall–Kier alpha value is -2.57. The molecule has 3 rings (SSSR count). The molecule has 1 aromatic rings. The number of benzene rings is 1. The van der Waals surface area contributed by atoms with Gasteiger partial charge in [0.15, 0.2) is 0 Å². The summed E-state index contributed by atoms with van der Waals surface area (Å²) in [5.41, 5.74) is 0.250. The monoisotopic (exact) mass is 387 g/mol. The third kappa shape index (κ3) is 4.82. The molecule has 1 aromatic carbocycles. The van der Waals surface area contributed by atoms with Crippen molar-refractivity contribution in [1.29, 1.82) is 0 Å². The minimum absolute atomic E-state index is 0.00669. The van der Waals surface area contributed by atoms with Crippen LogP contribution in [0, 0.1) is 5.41 Å². The van der Waals surface area contributed by atoms with Gasteiger partial charge in [-0.1, -0.05) is 30.3 Å². The molecule has 152 valence electrons. The van der Waals surface area contributed by atoms with Crippen LogP contribution in [0.15, 0.2) is 30.3 Å². The number of likely N-dealkylation sites (tertiary alicyclic amines) is 1. The molecule has 3 amide bonds. The molecule has 0 bridgehead atoms. The maximum absolute atomic E-state index is 12.7. The first kappa shape index (κ1) is 20.2. The van der Waals surface area contributed by atoms with Crippen molar-refractivity contribution in [2.24, 2.45) is 5.41 Å². The first-order chi connectivity index (χ1) is 13.5. The second kappa shape index (κ2) is 9.08. The third-order valence-electron chi connectivity index (χ3n) is 5.52. The summed E-state index contributed by atoms with van der Waals surface area (Å²) < 4.78 is 5.01. The number of carbonyl (C=O) groups excluding carboxylic acids is 3. The van der Waals surface area contributed by atoms with Crippen LogP contribution in [0.5, 0.6) is 0 Å². The van der Waals surface area contributed by atoms with Gasteiger partial charge in [0.1, 0.15) is 5.41 Å². The topological polar surface area (TPSA) is 87.7 Å². The van der Waals surface area contributed by atoms with Gasteiger partial charge in [0.05, 0.1) is 6.61 Å². The van der Waals surface area contributed by atoms with E-state index in [1.165, 1.54) is 0 Å². The largest absolute Gasteiger partial charge is 0.450 e. The summed E-state index contributed by atoms with van der Waals surface area (Å²) >= 11 is 0. The second-order valence-corrected chi connectivity index (χ2v) is 7.51. The van der Waals surface area contributed by atoms with Crippen LogP contribution in [0.4, 0.5) is 4.79 Å². The molecular weight excluding hydrogens is 358 g/mol. The highest BCUT2D eigenvalue weighted by Gasteiger charge is 2.56. The Morgan fingerprint density at radius 2 is 1.79 bits per heavy atom. The van der Waals surface area contributed by atoms with E-state index < -0.39 is 5.41 Å². The van der Waals surface area contributed by atoms with Crippen LogP contribution in [0.1, 0.15) is 38.2 Å². The van der Waals surface area contributed by atoms with Crippen LogP contribution in [0.3, 0.4) is 0 Å². The van der Waals surface area contributed by atoms with Gasteiger partial charge in [0.2, 0.25) is 11.8 Å². The van der Waals surface area contributed by atoms with Gasteiger partial charge in [-0.25, -0.2) is 4.79 Å². The number of carbonyl (C=O) groups is 3. The van der Waals surface area contributed by atoms with Gasteiger partial charge < -0.3 is 20.3 Å². The van der Waals surface area contributed by atoms with Gasteiger partial charge >= 0.3 is 6.09 Å². The van der Waals surface area contributed by atoms with Crippen molar-refractivity contribution in [3.63, 3.8) is 0 Å². The van der Waals surface area contributed by atoms with E-state index in [1.807, 2.05) is 30.3 Å². The number of nitrogens with zero attached hydrogens (tertiary/aromatic N) is 1. The maximum Gasteiger partial charge on any atom is 0.409 e. The quantitative estimate of drug-likeness (QED) is 0.699. The Kier molecular flexibility index (Phi) is 6.54. The number of nitrogens with one attached hydrogen (secondary N) is 2. The average Bonchev–Trinajstić information content (AvgIpc) is 3.52. The molecule has 28 heavy (non-hydrogen) atoms. The minimum Gasteiger partial charge on any atom is -0.450 e. The second-order valence-electron chi connectivity index (χ2n) is 7.51. The first-order valence-electron chi connectivity index (χ1n) is 10.1. The zero-order valence-corrected chi connectivity index (χ0v) is 16.4. The van der Waals surface area contributed by atoms with E-state index in [0.717, 1.165) is 12.0 Å². The van der Waals surface area contributed by atoms with Gasteiger partial charge in [-0.15, -0.1) is 0 Å². The average molecular weight is 387 g/mol. The van der Waals surface area contributed by atoms with E-state index in [-0.39, 0.29) is 23.9 Å². The lowest BCUT2D eigenvalue weighted by Gasteiger charge is -2.32. The lowest BCUT2D eigenvalue weighted by atomic mass is 10.0.